The Labute approximate surface area is 139 Å². The van der Waals surface area contributed by atoms with Crippen molar-refractivity contribution in [1.82, 2.24) is 14.9 Å². The van der Waals surface area contributed by atoms with Crippen LogP contribution in [0.1, 0.15) is 16.2 Å². The van der Waals surface area contributed by atoms with Gasteiger partial charge in [-0.15, -0.1) is 0 Å². The van der Waals surface area contributed by atoms with Crippen LogP contribution < -0.4 is 0 Å². The summed E-state index contributed by atoms with van der Waals surface area (Å²) < 4.78 is 10.2. The first-order chi connectivity index (χ1) is 11.3. The van der Waals surface area contributed by atoms with E-state index >= 15 is 0 Å². The van der Waals surface area contributed by atoms with Crippen LogP contribution in [-0.2, 0) is 15.2 Å². The molecule has 6 nitrogen and oxygen atoms in total. The number of thioether (sulfide) groups is 1. The van der Waals surface area contributed by atoms with Gasteiger partial charge in [0.2, 0.25) is 0 Å². The molecule has 23 heavy (non-hydrogen) atoms. The Morgan fingerprint density at radius 3 is 3.04 bits per heavy atom. The van der Waals surface area contributed by atoms with Gasteiger partial charge >= 0.3 is 5.97 Å². The number of benzene rings is 1. The van der Waals surface area contributed by atoms with E-state index in [1.807, 2.05) is 23.9 Å². The van der Waals surface area contributed by atoms with Crippen LogP contribution >= 0.6 is 11.8 Å². The Morgan fingerprint density at radius 1 is 1.43 bits per heavy atom. The summed E-state index contributed by atoms with van der Waals surface area (Å²) in [5.41, 5.74) is 2.06. The lowest BCUT2D eigenvalue weighted by Crippen LogP contribution is -2.37. The number of fused-ring (bicyclic) bond motifs is 1. The third kappa shape index (κ3) is 4.04. The maximum atomic E-state index is 11.8. The fourth-order valence-corrected chi connectivity index (χ4v) is 3.48. The van der Waals surface area contributed by atoms with Gasteiger partial charge in [0.05, 0.1) is 37.2 Å². The predicted molar refractivity (Wildman–Crippen MR) is 90.9 cm³/mol. The summed E-state index contributed by atoms with van der Waals surface area (Å²) >= 11 is 1.84. The van der Waals surface area contributed by atoms with Crippen molar-refractivity contribution in [2.75, 3.05) is 45.7 Å². The number of aromatic amines is 1. The Morgan fingerprint density at radius 2 is 2.26 bits per heavy atom. The molecule has 0 amide bonds. The number of esters is 1. The largest absolute Gasteiger partial charge is 0.465 e. The van der Waals surface area contributed by atoms with E-state index in [9.17, 15) is 4.79 Å². The number of hydrogen-bond donors (Lipinski definition) is 1. The SMILES string of the molecule is COC(=O)c1cccc2[nH]c(CSCCN3CCOCC3)nc12. The van der Waals surface area contributed by atoms with Gasteiger partial charge in [0, 0.05) is 25.4 Å². The van der Waals surface area contributed by atoms with Gasteiger partial charge in [-0.25, -0.2) is 9.78 Å². The molecule has 2 aromatic rings. The van der Waals surface area contributed by atoms with Crippen LogP contribution in [0.15, 0.2) is 18.2 Å². The molecule has 0 atom stereocenters. The standard InChI is InChI=1S/C16H21N3O3S/c1-21-16(20)12-3-2-4-13-15(12)18-14(17-13)11-23-10-7-19-5-8-22-9-6-19/h2-4H,5-11H2,1H3,(H,17,18). The highest BCUT2D eigenvalue weighted by atomic mass is 32.2. The van der Waals surface area contributed by atoms with Gasteiger partial charge in [-0.2, -0.15) is 11.8 Å². The Hall–Kier alpha value is -1.57. The molecule has 2 heterocycles. The van der Waals surface area contributed by atoms with Crippen molar-refractivity contribution in [3.63, 3.8) is 0 Å². The highest BCUT2D eigenvalue weighted by molar-refractivity contribution is 7.98. The summed E-state index contributed by atoms with van der Waals surface area (Å²) in [6.45, 7) is 4.79. The maximum Gasteiger partial charge on any atom is 0.340 e. The lowest BCUT2D eigenvalue weighted by Gasteiger charge is -2.26. The molecule has 1 aromatic carbocycles. The topological polar surface area (TPSA) is 67.5 Å². The lowest BCUT2D eigenvalue weighted by molar-refractivity contribution is 0.0410. The van der Waals surface area contributed by atoms with Crippen molar-refractivity contribution < 1.29 is 14.3 Å². The molecule has 0 unspecified atom stereocenters. The number of hydrogen-bond acceptors (Lipinski definition) is 6. The molecule has 1 saturated heterocycles. The average molecular weight is 335 g/mol. The van der Waals surface area contributed by atoms with Crippen LogP contribution in [0.4, 0.5) is 0 Å². The summed E-state index contributed by atoms with van der Waals surface area (Å²) in [7, 11) is 1.39. The highest BCUT2D eigenvalue weighted by Gasteiger charge is 2.14. The van der Waals surface area contributed by atoms with Crippen molar-refractivity contribution in [2.24, 2.45) is 0 Å². The van der Waals surface area contributed by atoms with Crippen LogP contribution in [0, 0.1) is 0 Å². The minimum absolute atomic E-state index is 0.353. The molecular formula is C16H21N3O3S. The van der Waals surface area contributed by atoms with Crippen molar-refractivity contribution in [2.45, 2.75) is 5.75 Å². The van der Waals surface area contributed by atoms with Crippen molar-refractivity contribution in [3.8, 4) is 0 Å². The number of carbonyl (C=O) groups is 1. The molecule has 1 aliphatic heterocycles. The number of carbonyl (C=O) groups excluding carboxylic acids is 1. The second kappa shape index (κ2) is 7.81. The molecule has 7 heteroatoms. The van der Waals surface area contributed by atoms with Crippen LogP contribution in [0.3, 0.4) is 0 Å². The molecule has 1 aromatic heterocycles. The first kappa shape index (κ1) is 16.3. The predicted octanol–water partition coefficient (Wildman–Crippen LogP) is 1.91. The number of para-hydroxylation sites is 1. The number of ether oxygens (including phenoxy) is 2. The normalized spacial score (nSPS) is 15.9. The van der Waals surface area contributed by atoms with Crippen LogP contribution in [0.5, 0.6) is 0 Å². The second-order valence-corrected chi connectivity index (χ2v) is 6.49. The summed E-state index contributed by atoms with van der Waals surface area (Å²) in [6, 6.07) is 5.50. The van der Waals surface area contributed by atoms with E-state index in [4.69, 9.17) is 9.47 Å². The first-order valence-electron chi connectivity index (χ1n) is 7.71. The lowest BCUT2D eigenvalue weighted by atomic mass is 10.2. The second-order valence-electron chi connectivity index (χ2n) is 5.38. The third-order valence-corrected chi connectivity index (χ3v) is 4.81. The van der Waals surface area contributed by atoms with Crippen molar-refractivity contribution in [3.05, 3.63) is 29.6 Å². The summed E-state index contributed by atoms with van der Waals surface area (Å²) in [5.74, 6) is 2.40. The van der Waals surface area contributed by atoms with E-state index in [0.717, 1.165) is 55.7 Å². The highest BCUT2D eigenvalue weighted by Crippen LogP contribution is 2.19. The zero-order valence-corrected chi connectivity index (χ0v) is 14.0. The van der Waals surface area contributed by atoms with E-state index in [1.165, 1.54) is 7.11 Å². The van der Waals surface area contributed by atoms with E-state index in [2.05, 4.69) is 14.9 Å². The molecular weight excluding hydrogens is 314 g/mol. The number of nitrogens with zero attached hydrogens (tertiary/aromatic N) is 2. The van der Waals surface area contributed by atoms with Gasteiger partial charge < -0.3 is 14.5 Å². The van der Waals surface area contributed by atoms with E-state index in [1.54, 1.807) is 6.07 Å². The van der Waals surface area contributed by atoms with Crippen LogP contribution in [0.25, 0.3) is 11.0 Å². The number of H-pyrrole nitrogens is 1. The van der Waals surface area contributed by atoms with Gasteiger partial charge in [0.25, 0.3) is 0 Å². The molecule has 0 spiro atoms. The van der Waals surface area contributed by atoms with Crippen molar-refractivity contribution >= 4 is 28.8 Å². The molecule has 0 saturated carbocycles. The number of rotatable bonds is 6. The molecule has 0 aliphatic carbocycles. The summed E-state index contributed by atoms with van der Waals surface area (Å²) in [6.07, 6.45) is 0. The molecule has 0 radical (unpaired) electrons. The van der Waals surface area contributed by atoms with Crippen molar-refractivity contribution in [1.29, 1.82) is 0 Å². The fourth-order valence-electron chi connectivity index (χ4n) is 2.61. The number of nitrogens with one attached hydrogen (secondary N) is 1. The Bertz CT molecular complexity index is 668. The first-order valence-corrected chi connectivity index (χ1v) is 8.87. The summed E-state index contributed by atoms with van der Waals surface area (Å²) in [4.78, 5) is 22.0. The zero-order chi connectivity index (χ0) is 16.1. The zero-order valence-electron chi connectivity index (χ0n) is 13.2. The number of methoxy groups -OCH3 is 1. The average Bonchev–Trinajstić information content (AvgIpc) is 3.02. The fraction of sp³-hybridized carbons (Fsp3) is 0.500. The van der Waals surface area contributed by atoms with Crippen LogP contribution in [0.2, 0.25) is 0 Å². The van der Waals surface area contributed by atoms with E-state index in [-0.39, 0.29) is 5.97 Å². The van der Waals surface area contributed by atoms with Crippen LogP contribution in [-0.4, -0.2) is 66.5 Å². The molecule has 1 fully saturated rings. The molecule has 1 N–H and O–H groups in total. The third-order valence-electron chi connectivity index (χ3n) is 3.86. The van der Waals surface area contributed by atoms with Gasteiger partial charge in [0.15, 0.2) is 0 Å². The molecule has 124 valence electrons. The number of imidazole rings is 1. The monoisotopic (exact) mass is 335 g/mol. The summed E-state index contributed by atoms with van der Waals surface area (Å²) in [5, 5.41) is 0. The molecule has 0 bridgehead atoms. The Balaban J connectivity index is 1.57. The van der Waals surface area contributed by atoms with E-state index in [0.29, 0.717) is 11.1 Å². The Kier molecular flexibility index (Phi) is 5.53. The smallest absolute Gasteiger partial charge is 0.340 e. The molecule has 3 rings (SSSR count). The van der Waals surface area contributed by atoms with E-state index < -0.39 is 0 Å². The minimum atomic E-state index is -0.353. The van der Waals surface area contributed by atoms with Gasteiger partial charge in [0.1, 0.15) is 11.3 Å². The number of aromatic nitrogens is 2. The molecule has 1 aliphatic rings. The number of morpholine rings is 1. The van der Waals surface area contributed by atoms with Gasteiger partial charge in [-0.05, 0) is 12.1 Å². The quantitative estimate of drug-likeness (QED) is 0.642. The van der Waals surface area contributed by atoms with Gasteiger partial charge in [-0.1, -0.05) is 6.07 Å². The maximum absolute atomic E-state index is 11.8. The van der Waals surface area contributed by atoms with Gasteiger partial charge in [-0.3, -0.25) is 4.90 Å². The minimum Gasteiger partial charge on any atom is -0.465 e.